The Morgan fingerprint density at radius 2 is 0.823 bits per heavy atom. The number of carbonyl (C=O) groups excluding carboxylic acids is 2. The number of esters is 2. The van der Waals surface area contributed by atoms with Gasteiger partial charge in [0, 0.05) is 12.8 Å². The number of rotatable bonds is 48. The molecule has 4 atom stereocenters. The summed E-state index contributed by atoms with van der Waals surface area (Å²) in [6.45, 7) is 8.84. The number of phosphoric ester groups is 1. The molecular formula is C52H104NO8P. The van der Waals surface area contributed by atoms with Gasteiger partial charge in [0.1, 0.15) is 19.8 Å². The Balaban J connectivity index is 4.75. The molecule has 9 nitrogen and oxygen atoms in total. The summed E-state index contributed by atoms with van der Waals surface area (Å²) >= 11 is 0. The fraction of sp³-hybridized carbons (Fsp3) is 0.962. The molecule has 0 radical (unpaired) electrons. The van der Waals surface area contributed by atoms with E-state index in [2.05, 4.69) is 27.7 Å². The van der Waals surface area contributed by atoms with E-state index in [1.165, 1.54) is 180 Å². The van der Waals surface area contributed by atoms with Gasteiger partial charge in [0.05, 0.1) is 27.7 Å². The predicted octanol–water partition coefficient (Wildman–Crippen LogP) is 15.0. The number of unbranched alkanes of at least 4 members (excludes halogenated alkanes) is 22. The van der Waals surface area contributed by atoms with Crippen molar-refractivity contribution in [2.24, 2.45) is 11.8 Å². The Hall–Kier alpha value is -0.990. The molecule has 0 spiro atoms. The Morgan fingerprint density at radius 1 is 0.468 bits per heavy atom. The summed E-state index contributed by atoms with van der Waals surface area (Å²) in [6.07, 6.45) is 42.2. The van der Waals surface area contributed by atoms with E-state index in [9.17, 15) is 19.0 Å². The molecule has 4 unspecified atom stereocenters. The highest BCUT2D eigenvalue weighted by Gasteiger charge is 2.22. The lowest BCUT2D eigenvalue weighted by Gasteiger charge is -2.28. The van der Waals surface area contributed by atoms with Crippen molar-refractivity contribution < 1.29 is 42.1 Å². The molecule has 0 aliphatic rings. The van der Waals surface area contributed by atoms with Crippen LogP contribution in [-0.4, -0.2) is 70.0 Å². The van der Waals surface area contributed by atoms with Crippen molar-refractivity contribution in [2.45, 2.75) is 265 Å². The third-order valence-corrected chi connectivity index (χ3v) is 13.5. The third-order valence-electron chi connectivity index (χ3n) is 12.5. The molecule has 0 aromatic rings. The molecule has 0 aromatic carbocycles. The van der Waals surface area contributed by atoms with E-state index >= 15 is 0 Å². The summed E-state index contributed by atoms with van der Waals surface area (Å²) < 4.78 is 34.4. The highest BCUT2D eigenvalue weighted by Crippen LogP contribution is 2.38. The second-order valence-corrected chi connectivity index (χ2v) is 21.2. The van der Waals surface area contributed by atoms with Gasteiger partial charge in [0.2, 0.25) is 0 Å². The van der Waals surface area contributed by atoms with Gasteiger partial charge < -0.3 is 27.9 Å². The number of hydrogen-bond donors (Lipinski definition) is 0. The maximum absolute atomic E-state index is 12.9. The van der Waals surface area contributed by atoms with Crippen LogP contribution in [0.25, 0.3) is 0 Å². The first-order valence-electron chi connectivity index (χ1n) is 26.6. The Kier molecular flexibility index (Phi) is 42.0. The SMILES string of the molecule is CCCCCCCCCCC(CCCC)CCCCCCC(=O)OCC(COP(=O)([O-])OCC[N+](C)(C)C)OC(=O)CCCCCCC(CCCC)CCCCCCCCCC. The largest absolute Gasteiger partial charge is 0.756 e. The topological polar surface area (TPSA) is 111 Å². The van der Waals surface area contributed by atoms with Crippen LogP contribution in [0.4, 0.5) is 0 Å². The molecule has 0 N–H and O–H groups in total. The summed E-state index contributed by atoms with van der Waals surface area (Å²) in [5.74, 6) is 0.818. The molecule has 10 heteroatoms. The van der Waals surface area contributed by atoms with Crippen LogP contribution in [0.2, 0.25) is 0 Å². The zero-order valence-electron chi connectivity index (χ0n) is 42.2. The average Bonchev–Trinajstić information content (AvgIpc) is 3.23. The van der Waals surface area contributed by atoms with Crippen molar-refractivity contribution in [3.05, 3.63) is 0 Å². The first-order chi connectivity index (χ1) is 29.9. The molecule has 0 saturated carbocycles. The van der Waals surface area contributed by atoms with Crippen molar-refractivity contribution in [2.75, 3.05) is 47.5 Å². The number of ether oxygens (including phenoxy) is 2. The van der Waals surface area contributed by atoms with E-state index in [1.807, 2.05) is 21.1 Å². The van der Waals surface area contributed by atoms with Gasteiger partial charge in [-0.3, -0.25) is 14.2 Å². The van der Waals surface area contributed by atoms with Crippen LogP contribution in [0, 0.1) is 11.8 Å². The average molecular weight is 902 g/mol. The lowest BCUT2D eigenvalue weighted by atomic mass is 9.90. The smallest absolute Gasteiger partial charge is 0.306 e. The number of likely N-dealkylation sites (N-methyl/N-ethyl adjacent to an activating group) is 1. The van der Waals surface area contributed by atoms with Gasteiger partial charge in [-0.2, -0.15) is 0 Å². The van der Waals surface area contributed by atoms with Crippen LogP contribution in [0.15, 0.2) is 0 Å². The summed E-state index contributed by atoms with van der Waals surface area (Å²) in [4.78, 5) is 38.2. The molecule has 0 aliphatic carbocycles. The molecule has 370 valence electrons. The number of quaternary nitrogens is 1. The van der Waals surface area contributed by atoms with Crippen LogP contribution in [-0.2, 0) is 32.7 Å². The maximum Gasteiger partial charge on any atom is 0.306 e. The van der Waals surface area contributed by atoms with E-state index in [1.54, 1.807) is 0 Å². The maximum atomic E-state index is 12.9. The van der Waals surface area contributed by atoms with Gasteiger partial charge in [-0.1, -0.05) is 233 Å². The monoisotopic (exact) mass is 902 g/mol. The van der Waals surface area contributed by atoms with Gasteiger partial charge >= 0.3 is 11.9 Å². The van der Waals surface area contributed by atoms with E-state index in [4.69, 9.17) is 18.5 Å². The molecule has 0 aliphatic heterocycles. The standard InChI is InChI=1S/C52H104NO8P/c1-8-12-16-18-20-22-24-30-38-48(36-14-10-3)40-32-26-28-34-42-51(54)58-46-50(47-60-62(56,57)59-45-44-53(5,6)7)61-52(55)43-35-29-27-33-41-49(37-15-11-4)39-31-25-23-21-19-17-13-9-2/h48-50H,8-47H2,1-7H3. The van der Waals surface area contributed by atoms with Crippen LogP contribution in [0.1, 0.15) is 259 Å². The minimum atomic E-state index is -4.64. The molecule has 0 aromatic heterocycles. The first-order valence-corrected chi connectivity index (χ1v) is 28.1. The van der Waals surface area contributed by atoms with E-state index in [0.717, 1.165) is 43.9 Å². The number of carbonyl (C=O) groups is 2. The fourth-order valence-corrected chi connectivity index (χ4v) is 9.08. The number of nitrogens with zero attached hydrogens (tertiary/aromatic N) is 1. The Labute approximate surface area is 384 Å². The first kappa shape index (κ1) is 61.0. The highest BCUT2D eigenvalue weighted by molar-refractivity contribution is 7.45. The van der Waals surface area contributed by atoms with Crippen molar-refractivity contribution in [1.29, 1.82) is 0 Å². The quantitative estimate of drug-likeness (QED) is 0.0257. The molecule has 62 heavy (non-hydrogen) atoms. The van der Waals surface area contributed by atoms with Crippen LogP contribution in [0.3, 0.4) is 0 Å². The minimum absolute atomic E-state index is 0.0269. The van der Waals surface area contributed by atoms with Crippen molar-refractivity contribution in [1.82, 2.24) is 0 Å². The van der Waals surface area contributed by atoms with Crippen molar-refractivity contribution in [3.63, 3.8) is 0 Å². The fourth-order valence-electron chi connectivity index (χ4n) is 8.35. The van der Waals surface area contributed by atoms with Gasteiger partial charge in [-0.05, 0) is 24.7 Å². The second kappa shape index (κ2) is 42.6. The Bertz CT molecular complexity index is 1050. The van der Waals surface area contributed by atoms with Crippen molar-refractivity contribution >= 4 is 19.8 Å². The highest BCUT2D eigenvalue weighted by atomic mass is 31.2. The van der Waals surface area contributed by atoms with Gasteiger partial charge in [-0.15, -0.1) is 0 Å². The van der Waals surface area contributed by atoms with Gasteiger partial charge in [0.15, 0.2) is 6.10 Å². The molecule has 0 saturated heterocycles. The van der Waals surface area contributed by atoms with E-state index < -0.39 is 26.5 Å². The summed E-state index contributed by atoms with van der Waals surface area (Å²) in [6, 6.07) is 0. The van der Waals surface area contributed by atoms with Crippen LogP contribution in [0.5, 0.6) is 0 Å². The van der Waals surface area contributed by atoms with E-state index in [0.29, 0.717) is 17.4 Å². The zero-order chi connectivity index (χ0) is 46.0. The molecule has 0 amide bonds. The molecule has 0 heterocycles. The minimum Gasteiger partial charge on any atom is -0.756 e. The van der Waals surface area contributed by atoms with Crippen molar-refractivity contribution in [3.8, 4) is 0 Å². The Morgan fingerprint density at radius 3 is 1.23 bits per heavy atom. The van der Waals surface area contributed by atoms with Crippen LogP contribution < -0.4 is 4.89 Å². The molecule has 0 fully saturated rings. The molecular weight excluding hydrogens is 798 g/mol. The third kappa shape index (κ3) is 42.9. The molecule has 0 bridgehead atoms. The molecule has 0 rings (SSSR count). The normalized spacial score (nSPS) is 14.4. The van der Waals surface area contributed by atoms with E-state index in [-0.39, 0.29) is 32.0 Å². The lowest BCUT2D eigenvalue weighted by molar-refractivity contribution is -0.870. The second-order valence-electron chi connectivity index (χ2n) is 19.8. The van der Waals surface area contributed by atoms with Crippen LogP contribution >= 0.6 is 7.82 Å². The number of phosphoric acid groups is 1. The zero-order valence-corrected chi connectivity index (χ0v) is 43.1. The summed E-state index contributed by atoms with van der Waals surface area (Å²) in [5, 5.41) is 0. The van der Waals surface area contributed by atoms with Gasteiger partial charge in [0.25, 0.3) is 7.82 Å². The lowest BCUT2D eigenvalue weighted by Crippen LogP contribution is -2.37. The van der Waals surface area contributed by atoms with Gasteiger partial charge in [-0.25, -0.2) is 0 Å². The number of hydrogen-bond acceptors (Lipinski definition) is 8. The summed E-state index contributed by atoms with van der Waals surface area (Å²) in [7, 11) is 1.18. The summed E-state index contributed by atoms with van der Waals surface area (Å²) in [5.41, 5.74) is 0. The predicted molar refractivity (Wildman–Crippen MR) is 259 cm³/mol.